The van der Waals surface area contributed by atoms with Gasteiger partial charge >= 0.3 is 6.18 Å². The van der Waals surface area contributed by atoms with Gasteiger partial charge in [-0.25, -0.2) is 0 Å². The molecule has 1 rings (SSSR count). The van der Waals surface area contributed by atoms with Crippen molar-refractivity contribution in [2.75, 3.05) is 25.1 Å². The van der Waals surface area contributed by atoms with Gasteiger partial charge in [-0.05, 0) is 24.1 Å². The molecule has 0 aliphatic rings. The number of anilines is 1. The molecule has 118 valence electrons. The van der Waals surface area contributed by atoms with Gasteiger partial charge in [-0.3, -0.25) is 0 Å². The minimum Gasteiger partial charge on any atom is -0.389 e. The maximum atomic E-state index is 13.0. The van der Waals surface area contributed by atoms with E-state index >= 15 is 0 Å². The van der Waals surface area contributed by atoms with Gasteiger partial charge in [-0.1, -0.05) is 26.1 Å². The van der Waals surface area contributed by atoms with Crippen molar-refractivity contribution >= 4 is 22.9 Å². The molecule has 0 heterocycles. The van der Waals surface area contributed by atoms with Crippen LogP contribution in [-0.4, -0.2) is 24.7 Å². The van der Waals surface area contributed by atoms with E-state index in [-0.39, 0.29) is 10.6 Å². The normalized spacial score (nSPS) is 11.7. The number of hydrogen-bond donors (Lipinski definition) is 2. The quantitative estimate of drug-likeness (QED) is 0.597. The van der Waals surface area contributed by atoms with Gasteiger partial charge in [0.15, 0.2) is 0 Å². The summed E-state index contributed by atoms with van der Waals surface area (Å²) in [5.41, 5.74) is 4.68. The molecule has 0 saturated carbocycles. The minimum atomic E-state index is -4.50. The third-order valence-electron chi connectivity index (χ3n) is 2.62. The SMILES string of the molecule is CC(C)COCCNc1ccc(C(N)=S)c(C(F)(F)F)c1. The summed E-state index contributed by atoms with van der Waals surface area (Å²) in [5, 5.41) is 2.89. The molecule has 7 heteroatoms. The standard InChI is InChI=1S/C14H19F3N2OS/c1-9(2)8-20-6-5-19-10-3-4-11(13(18)21)12(7-10)14(15,16)17/h3-4,7,9,19H,5-6,8H2,1-2H3,(H2,18,21). The van der Waals surface area contributed by atoms with Crippen LogP contribution in [0.2, 0.25) is 0 Å². The van der Waals surface area contributed by atoms with Crippen LogP contribution in [0, 0.1) is 5.92 Å². The summed E-state index contributed by atoms with van der Waals surface area (Å²) in [6.45, 7) is 5.53. The van der Waals surface area contributed by atoms with Crippen LogP contribution in [-0.2, 0) is 10.9 Å². The molecule has 0 aliphatic carbocycles. The Kier molecular flexibility index (Phi) is 6.42. The number of ether oxygens (including phenoxy) is 1. The summed E-state index contributed by atoms with van der Waals surface area (Å²) >= 11 is 4.65. The summed E-state index contributed by atoms with van der Waals surface area (Å²) in [7, 11) is 0. The number of halogens is 3. The summed E-state index contributed by atoms with van der Waals surface area (Å²) in [6.07, 6.45) is -4.50. The van der Waals surface area contributed by atoms with Crippen LogP contribution in [0.5, 0.6) is 0 Å². The van der Waals surface area contributed by atoms with Crippen molar-refractivity contribution in [2.24, 2.45) is 11.7 Å². The second kappa shape index (κ2) is 7.61. The predicted molar refractivity (Wildman–Crippen MR) is 81.5 cm³/mol. The molecular formula is C14H19F3N2OS. The van der Waals surface area contributed by atoms with Gasteiger partial charge in [0, 0.05) is 24.4 Å². The summed E-state index contributed by atoms with van der Waals surface area (Å²) in [4.78, 5) is -0.269. The number of thiocarbonyl (C=S) groups is 1. The highest BCUT2D eigenvalue weighted by molar-refractivity contribution is 7.80. The number of nitrogens with two attached hydrogens (primary N) is 1. The first-order chi connectivity index (χ1) is 9.71. The van der Waals surface area contributed by atoms with Gasteiger partial charge in [-0.15, -0.1) is 0 Å². The molecule has 3 nitrogen and oxygen atoms in total. The number of rotatable bonds is 7. The second-order valence-corrected chi connectivity index (χ2v) is 5.46. The molecule has 0 saturated heterocycles. The average Bonchev–Trinajstić information content (AvgIpc) is 2.36. The molecule has 0 atom stereocenters. The third kappa shape index (κ3) is 5.89. The lowest BCUT2D eigenvalue weighted by Crippen LogP contribution is -2.19. The Labute approximate surface area is 127 Å². The van der Waals surface area contributed by atoms with Crippen LogP contribution in [0.15, 0.2) is 18.2 Å². The molecule has 21 heavy (non-hydrogen) atoms. The van der Waals surface area contributed by atoms with Crippen LogP contribution in [0.1, 0.15) is 25.0 Å². The Hall–Kier alpha value is -1.34. The molecule has 0 bridgehead atoms. The highest BCUT2D eigenvalue weighted by Gasteiger charge is 2.34. The smallest absolute Gasteiger partial charge is 0.389 e. The lowest BCUT2D eigenvalue weighted by atomic mass is 10.1. The summed E-state index contributed by atoms with van der Waals surface area (Å²) in [5.74, 6) is 0.423. The fraction of sp³-hybridized carbons (Fsp3) is 0.500. The van der Waals surface area contributed by atoms with E-state index in [1.165, 1.54) is 12.1 Å². The van der Waals surface area contributed by atoms with E-state index in [2.05, 4.69) is 17.5 Å². The molecule has 1 aromatic rings. The lowest BCUT2D eigenvalue weighted by molar-refractivity contribution is -0.137. The van der Waals surface area contributed by atoms with Crippen LogP contribution >= 0.6 is 12.2 Å². The van der Waals surface area contributed by atoms with Crippen molar-refractivity contribution in [3.63, 3.8) is 0 Å². The summed E-state index contributed by atoms with van der Waals surface area (Å²) < 4.78 is 44.2. The van der Waals surface area contributed by atoms with Gasteiger partial charge < -0.3 is 15.8 Å². The highest BCUT2D eigenvalue weighted by Crippen LogP contribution is 2.33. The van der Waals surface area contributed by atoms with Crippen molar-refractivity contribution in [1.29, 1.82) is 0 Å². The van der Waals surface area contributed by atoms with Crippen LogP contribution in [0.4, 0.5) is 18.9 Å². The zero-order chi connectivity index (χ0) is 16.0. The molecule has 0 unspecified atom stereocenters. The largest absolute Gasteiger partial charge is 0.417 e. The van der Waals surface area contributed by atoms with E-state index in [9.17, 15) is 13.2 Å². The van der Waals surface area contributed by atoms with Gasteiger partial charge in [0.1, 0.15) is 4.99 Å². The molecule has 1 aromatic carbocycles. The van der Waals surface area contributed by atoms with Gasteiger partial charge in [-0.2, -0.15) is 13.2 Å². The van der Waals surface area contributed by atoms with Gasteiger partial charge in [0.2, 0.25) is 0 Å². The number of hydrogen-bond acceptors (Lipinski definition) is 3. The second-order valence-electron chi connectivity index (χ2n) is 5.02. The maximum Gasteiger partial charge on any atom is 0.417 e. The van der Waals surface area contributed by atoms with Gasteiger partial charge in [0.25, 0.3) is 0 Å². The number of nitrogens with one attached hydrogen (secondary N) is 1. The van der Waals surface area contributed by atoms with Gasteiger partial charge in [0.05, 0.1) is 12.2 Å². The van der Waals surface area contributed by atoms with E-state index in [0.717, 1.165) is 6.07 Å². The van der Waals surface area contributed by atoms with Crippen molar-refractivity contribution in [2.45, 2.75) is 20.0 Å². The molecule has 0 radical (unpaired) electrons. The van der Waals surface area contributed by atoms with Crippen molar-refractivity contribution in [3.05, 3.63) is 29.3 Å². The molecule has 0 fully saturated rings. The predicted octanol–water partition coefficient (Wildman–Crippen LogP) is 3.42. The van der Waals surface area contributed by atoms with E-state index in [1.54, 1.807) is 0 Å². The van der Waals surface area contributed by atoms with E-state index in [4.69, 9.17) is 10.5 Å². The van der Waals surface area contributed by atoms with Crippen LogP contribution in [0.25, 0.3) is 0 Å². The van der Waals surface area contributed by atoms with Crippen LogP contribution in [0.3, 0.4) is 0 Å². The Morgan fingerprint density at radius 2 is 2.05 bits per heavy atom. The maximum absolute atomic E-state index is 13.0. The van der Waals surface area contributed by atoms with E-state index in [0.29, 0.717) is 31.4 Å². The monoisotopic (exact) mass is 320 g/mol. The topological polar surface area (TPSA) is 47.3 Å². The number of benzene rings is 1. The summed E-state index contributed by atoms with van der Waals surface area (Å²) in [6, 6.07) is 3.81. The Morgan fingerprint density at radius 3 is 2.57 bits per heavy atom. The molecule has 0 aliphatic heterocycles. The number of alkyl halides is 3. The average molecular weight is 320 g/mol. The third-order valence-corrected chi connectivity index (χ3v) is 2.84. The fourth-order valence-corrected chi connectivity index (χ4v) is 1.87. The first-order valence-corrected chi connectivity index (χ1v) is 6.95. The highest BCUT2D eigenvalue weighted by atomic mass is 32.1. The van der Waals surface area contributed by atoms with Crippen molar-refractivity contribution < 1.29 is 17.9 Å². The van der Waals surface area contributed by atoms with E-state index in [1.807, 2.05) is 13.8 Å². The zero-order valence-electron chi connectivity index (χ0n) is 12.0. The van der Waals surface area contributed by atoms with Crippen LogP contribution < -0.4 is 11.1 Å². The van der Waals surface area contributed by atoms with Crippen molar-refractivity contribution in [1.82, 2.24) is 0 Å². The molecular weight excluding hydrogens is 301 g/mol. The molecule has 0 spiro atoms. The molecule has 3 N–H and O–H groups in total. The fourth-order valence-electron chi connectivity index (χ4n) is 1.69. The first kappa shape index (κ1) is 17.7. The Morgan fingerprint density at radius 1 is 1.38 bits per heavy atom. The zero-order valence-corrected chi connectivity index (χ0v) is 12.8. The Bertz CT molecular complexity index is 490. The van der Waals surface area contributed by atoms with Crippen molar-refractivity contribution in [3.8, 4) is 0 Å². The molecule has 0 aromatic heterocycles. The first-order valence-electron chi connectivity index (χ1n) is 6.54. The van der Waals surface area contributed by atoms with E-state index < -0.39 is 11.7 Å². The minimum absolute atomic E-state index is 0.167. The lowest BCUT2D eigenvalue weighted by Gasteiger charge is -2.15. The Balaban J connectivity index is 2.71. The molecule has 0 amide bonds.